The Hall–Kier alpha value is -0.430. The van der Waals surface area contributed by atoms with Gasteiger partial charge in [-0.25, -0.2) is 13.1 Å². The van der Waals surface area contributed by atoms with Gasteiger partial charge in [-0.1, -0.05) is 19.8 Å². The van der Waals surface area contributed by atoms with Crippen LogP contribution in [0.1, 0.15) is 38.2 Å². The van der Waals surface area contributed by atoms with E-state index in [9.17, 15) is 8.42 Å². The highest BCUT2D eigenvalue weighted by Gasteiger charge is 2.30. The fraction of sp³-hybridized carbons (Fsp3) is 0.667. The summed E-state index contributed by atoms with van der Waals surface area (Å²) in [6.07, 6.45) is 4.62. The molecule has 2 rings (SSSR count). The summed E-state index contributed by atoms with van der Waals surface area (Å²) >= 11 is 1.23. The summed E-state index contributed by atoms with van der Waals surface area (Å²) in [4.78, 5) is 0. The van der Waals surface area contributed by atoms with Gasteiger partial charge < -0.3 is 5.73 Å². The largest absolute Gasteiger partial charge is 0.326 e. The molecule has 1 heterocycles. The Bertz CT molecular complexity index is 502. The molecule has 102 valence electrons. The van der Waals surface area contributed by atoms with E-state index in [1.54, 1.807) is 11.4 Å². The van der Waals surface area contributed by atoms with Crippen LogP contribution in [0.5, 0.6) is 0 Å². The van der Waals surface area contributed by atoms with Crippen molar-refractivity contribution in [2.24, 2.45) is 11.1 Å². The van der Waals surface area contributed by atoms with Gasteiger partial charge in [0.25, 0.3) is 0 Å². The van der Waals surface area contributed by atoms with E-state index in [0.717, 1.165) is 18.4 Å². The van der Waals surface area contributed by atoms with Gasteiger partial charge in [0.1, 0.15) is 4.21 Å². The summed E-state index contributed by atoms with van der Waals surface area (Å²) in [5.41, 5.74) is 6.49. The van der Waals surface area contributed by atoms with Crippen molar-refractivity contribution in [3.63, 3.8) is 0 Å². The maximum Gasteiger partial charge on any atom is 0.250 e. The molecular formula is C12H20N2O2S2. The molecule has 4 nitrogen and oxygen atoms in total. The van der Waals surface area contributed by atoms with Gasteiger partial charge in [0.2, 0.25) is 10.0 Å². The molecular weight excluding hydrogens is 268 g/mol. The highest BCUT2D eigenvalue weighted by atomic mass is 32.2. The van der Waals surface area contributed by atoms with Crippen LogP contribution < -0.4 is 10.5 Å². The van der Waals surface area contributed by atoms with Crippen molar-refractivity contribution in [2.75, 3.05) is 6.54 Å². The molecule has 0 radical (unpaired) electrons. The van der Waals surface area contributed by atoms with Gasteiger partial charge in [0.05, 0.1) is 0 Å². The van der Waals surface area contributed by atoms with Crippen LogP contribution in [0.15, 0.2) is 15.7 Å². The molecule has 0 saturated heterocycles. The Balaban J connectivity index is 2.03. The first kappa shape index (κ1) is 14.0. The number of hydrogen-bond donors (Lipinski definition) is 2. The predicted molar refractivity (Wildman–Crippen MR) is 74.0 cm³/mol. The monoisotopic (exact) mass is 288 g/mol. The van der Waals surface area contributed by atoms with E-state index in [0.29, 0.717) is 17.3 Å². The molecule has 1 aliphatic rings. The van der Waals surface area contributed by atoms with Crippen molar-refractivity contribution in [3.8, 4) is 0 Å². The van der Waals surface area contributed by atoms with E-state index in [1.807, 2.05) is 0 Å². The van der Waals surface area contributed by atoms with Gasteiger partial charge in [-0.15, -0.1) is 11.3 Å². The lowest BCUT2D eigenvalue weighted by Crippen LogP contribution is -2.33. The SMILES string of the molecule is CC1(CNS(=O)(=O)c2cc(CN)cs2)CCCC1. The molecule has 3 N–H and O–H groups in total. The standard InChI is InChI=1S/C12H20N2O2S2/c1-12(4-2-3-5-12)9-14-18(15,16)11-6-10(7-13)8-17-11/h6,8,14H,2-5,7,9,13H2,1H3. The van der Waals surface area contributed by atoms with Crippen molar-refractivity contribution in [2.45, 2.75) is 43.4 Å². The summed E-state index contributed by atoms with van der Waals surface area (Å²) in [5, 5.41) is 1.80. The molecule has 1 aromatic heterocycles. The van der Waals surface area contributed by atoms with Crippen molar-refractivity contribution in [3.05, 3.63) is 17.0 Å². The lowest BCUT2D eigenvalue weighted by Gasteiger charge is -2.23. The minimum absolute atomic E-state index is 0.126. The first-order chi connectivity index (χ1) is 8.45. The fourth-order valence-corrected chi connectivity index (χ4v) is 4.81. The van der Waals surface area contributed by atoms with Gasteiger partial charge in [-0.2, -0.15) is 0 Å². The van der Waals surface area contributed by atoms with Gasteiger partial charge in [-0.3, -0.25) is 0 Å². The van der Waals surface area contributed by atoms with Crippen LogP contribution in [-0.4, -0.2) is 15.0 Å². The third-order valence-corrected chi connectivity index (χ3v) is 6.52. The second-order valence-corrected chi connectivity index (χ2v) is 8.23. The lowest BCUT2D eigenvalue weighted by molar-refractivity contribution is 0.336. The van der Waals surface area contributed by atoms with Crippen LogP contribution in [0.3, 0.4) is 0 Å². The third kappa shape index (κ3) is 3.12. The molecule has 1 fully saturated rings. The van der Waals surface area contributed by atoms with Crippen LogP contribution in [-0.2, 0) is 16.6 Å². The zero-order valence-corrected chi connectivity index (χ0v) is 12.2. The topological polar surface area (TPSA) is 72.2 Å². The van der Waals surface area contributed by atoms with Crippen LogP contribution in [0.4, 0.5) is 0 Å². The highest BCUT2D eigenvalue weighted by Crippen LogP contribution is 2.37. The van der Waals surface area contributed by atoms with E-state index < -0.39 is 10.0 Å². The van der Waals surface area contributed by atoms with E-state index in [4.69, 9.17) is 5.73 Å². The van der Waals surface area contributed by atoms with E-state index >= 15 is 0 Å². The first-order valence-corrected chi connectivity index (χ1v) is 8.59. The molecule has 6 heteroatoms. The van der Waals surface area contributed by atoms with E-state index in [2.05, 4.69) is 11.6 Å². The van der Waals surface area contributed by atoms with Crippen LogP contribution in [0.2, 0.25) is 0 Å². The maximum atomic E-state index is 12.1. The number of thiophene rings is 1. The molecule has 0 spiro atoms. The Morgan fingerprint density at radius 1 is 1.44 bits per heavy atom. The Labute approximate surface area is 113 Å². The first-order valence-electron chi connectivity index (χ1n) is 6.22. The zero-order chi connectivity index (χ0) is 13.2. The molecule has 0 bridgehead atoms. The van der Waals surface area contributed by atoms with Crippen molar-refractivity contribution in [1.82, 2.24) is 4.72 Å². The molecule has 0 atom stereocenters. The molecule has 0 amide bonds. The van der Waals surface area contributed by atoms with E-state index in [1.165, 1.54) is 24.2 Å². The molecule has 0 unspecified atom stereocenters. The van der Waals surface area contributed by atoms with Gasteiger partial charge >= 0.3 is 0 Å². The summed E-state index contributed by atoms with van der Waals surface area (Å²) in [6.45, 7) is 3.07. The van der Waals surface area contributed by atoms with Gasteiger partial charge in [0, 0.05) is 13.1 Å². The van der Waals surface area contributed by atoms with Crippen molar-refractivity contribution < 1.29 is 8.42 Å². The van der Waals surface area contributed by atoms with Crippen molar-refractivity contribution >= 4 is 21.4 Å². The smallest absolute Gasteiger partial charge is 0.250 e. The molecule has 1 aromatic rings. The second kappa shape index (κ2) is 5.28. The number of hydrogen-bond acceptors (Lipinski definition) is 4. The quantitative estimate of drug-likeness (QED) is 0.871. The van der Waals surface area contributed by atoms with Crippen LogP contribution in [0.25, 0.3) is 0 Å². The van der Waals surface area contributed by atoms with Crippen LogP contribution in [0, 0.1) is 5.41 Å². The summed E-state index contributed by atoms with van der Waals surface area (Å²) in [7, 11) is -3.36. The number of sulfonamides is 1. The average molecular weight is 288 g/mol. The molecule has 18 heavy (non-hydrogen) atoms. The van der Waals surface area contributed by atoms with Gasteiger partial charge in [0.15, 0.2) is 0 Å². The predicted octanol–water partition coefficient (Wildman–Crippen LogP) is 2.07. The molecule has 0 aliphatic heterocycles. The lowest BCUT2D eigenvalue weighted by atomic mass is 9.89. The Morgan fingerprint density at radius 3 is 2.67 bits per heavy atom. The van der Waals surface area contributed by atoms with Gasteiger partial charge in [-0.05, 0) is 35.3 Å². The Kier molecular flexibility index (Phi) is 4.11. The van der Waals surface area contributed by atoms with Crippen LogP contribution >= 0.6 is 11.3 Å². The highest BCUT2D eigenvalue weighted by molar-refractivity contribution is 7.91. The summed E-state index contributed by atoms with van der Waals surface area (Å²) in [6, 6.07) is 1.66. The number of rotatable bonds is 5. The summed E-state index contributed by atoms with van der Waals surface area (Å²) < 4.78 is 27.3. The molecule has 1 aliphatic carbocycles. The Morgan fingerprint density at radius 2 is 2.11 bits per heavy atom. The second-order valence-electron chi connectivity index (χ2n) is 5.32. The number of nitrogens with two attached hydrogens (primary N) is 1. The zero-order valence-electron chi connectivity index (χ0n) is 10.6. The number of nitrogens with one attached hydrogen (secondary N) is 1. The average Bonchev–Trinajstić information content (AvgIpc) is 2.96. The normalized spacial score (nSPS) is 19.2. The minimum Gasteiger partial charge on any atom is -0.326 e. The van der Waals surface area contributed by atoms with Crippen molar-refractivity contribution in [1.29, 1.82) is 0 Å². The molecule has 0 aromatic carbocycles. The third-order valence-electron chi connectivity index (χ3n) is 3.63. The fourth-order valence-electron chi connectivity index (χ4n) is 2.35. The minimum atomic E-state index is -3.36. The molecule has 1 saturated carbocycles. The van der Waals surface area contributed by atoms with E-state index in [-0.39, 0.29) is 5.41 Å². The maximum absolute atomic E-state index is 12.1. The summed E-state index contributed by atoms with van der Waals surface area (Å²) in [5.74, 6) is 0.